The molecule has 0 radical (unpaired) electrons. The molecule has 0 unspecified atom stereocenters. The van der Waals surface area contributed by atoms with Gasteiger partial charge >= 0.3 is 5.97 Å². The van der Waals surface area contributed by atoms with Crippen LogP contribution in [0.2, 0.25) is 0 Å². The van der Waals surface area contributed by atoms with Crippen LogP contribution in [0.1, 0.15) is 20.8 Å². The molecule has 0 aromatic heterocycles. The molecule has 3 rings (SSSR count). The van der Waals surface area contributed by atoms with Crippen LogP contribution < -0.4 is 9.64 Å². The van der Waals surface area contributed by atoms with Crippen molar-refractivity contribution >= 4 is 21.7 Å². The molecule has 1 fully saturated rings. The Morgan fingerprint density at radius 1 is 1.00 bits per heavy atom. The van der Waals surface area contributed by atoms with E-state index in [1.54, 1.807) is 32.9 Å². The van der Waals surface area contributed by atoms with Crippen LogP contribution in [0.15, 0.2) is 53.4 Å². The first kappa shape index (κ1) is 23.0. The molecule has 0 saturated carbocycles. The van der Waals surface area contributed by atoms with Crippen molar-refractivity contribution in [1.29, 1.82) is 0 Å². The van der Waals surface area contributed by atoms with Gasteiger partial charge in [-0.15, -0.1) is 0 Å². The summed E-state index contributed by atoms with van der Waals surface area (Å²) in [5.41, 5.74) is -0.322. The number of carbonyl (C=O) groups excluding carboxylic acids is 1. The molecular formula is C22H27FN2O5S. The highest BCUT2D eigenvalue weighted by atomic mass is 32.2. The molecule has 0 amide bonds. The monoisotopic (exact) mass is 450 g/mol. The van der Waals surface area contributed by atoms with Crippen molar-refractivity contribution in [2.24, 2.45) is 0 Å². The molecule has 2 aromatic carbocycles. The van der Waals surface area contributed by atoms with Crippen LogP contribution in [0.3, 0.4) is 0 Å². The van der Waals surface area contributed by atoms with Crippen molar-refractivity contribution in [3.63, 3.8) is 0 Å². The number of halogens is 1. The van der Waals surface area contributed by atoms with Crippen molar-refractivity contribution in [1.82, 2.24) is 4.31 Å². The number of ether oxygens (including phenoxy) is 2. The fraction of sp³-hybridized carbons (Fsp3) is 0.409. The second-order valence-electron chi connectivity index (χ2n) is 7.67. The molecule has 31 heavy (non-hydrogen) atoms. The van der Waals surface area contributed by atoms with E-state index in [4.69, 9.17) is 9.47 Å². The van der Waals surface area contributed by atoms with Gasteiger partial charge in [-0.2, -0.15) is 4.31 Å². The molecule has 2 aromatic rings. The quantitative estimate of drug-likeness (QED) is 0.604. The molecule has 0 atom stereocenters. The first-order valence-electron chi connectivity index (χ1n) is 10.1. The molecule has 168 valence electrons. The average Bonchev–Trinajstić information content (AvgIpc) is 2.75. The zero-order valence-electron chi connectivity index (χ0n) is 17.9. The summed E-state index contributed by atoms with van der Waals surface area (Å²) in [6.07, 6.45) is 0. The molecule has 1 saturated heterocycles. The number of esters is 1. The lowest BCUT2D eigenvalue weighted by Gasteiger charge is -2.35. The van der Waals surface area contributed by atoms with Gasteiger partial charge in [0.25, 0.3) is 0 Å². The highest BCUT2D eigenvalue weighted by Gasteiger charge is 2.32. The molecule has 0 N–H and O–H groups in total. The number of sulfonamides is 1. The minimum absolute atomic E-state index is 0.157. The number of anilines is 1. The molecule has 1 aliphatic rings. The first-order chi connectivity index (χ1) is 14.6. The van der Waals surface area contributed by atoms with Gasteiger partial charge in [0.15, 0.2) is 5.60 Å². The zero-order chi connectivity index (χ0) is 22.6. The van der Waals surface area contributed by atoms with E-state index in [1.165, 1.54) is 40.7 Å². The van der Waals surface area contributed by atoms with Crippen molar-refractivity contribution < 1.29 is 27.1 Å². The minimum Gasteiger partial charge on any atom is -0.476 e. The highest BCUT2D eigenvalue weighted by Crippen LogP contribution is 2.25. The number of benzene rings is 2. The van der Waals surface area contributed by atoms with Gasteiger partial charge < -0.3 is 14.4 Å². The van der Waals surface area contributed by atoms with Gasteiger partial charge in [-0.1, -0.05) is 0 Å². The predicted octanol–water partition coefficient (Wildman–Crippen LogP) is 3.06. The van der Waals surface area contributed by atoms with Gasteiger partial charge in [-0.05, 0) is 69.3 Å². The van der Waals surface area contributed by atoms with E-state index >= 15 is 0 Å². The standard InChI is InChI=1S/C22H27FN2O5S/c1-4-29-21(26)22(2,3)30-19-9-11-20(12-10-19)31(27,28)25-15-13-24(14-16-25)18-7-5-17(23)6-8-18/h5-12H,4,13-16H2,1-3H3. The number of piperazine rings is 1. The highest BCUT2D eigenvalue weighted by molar-refractivity contribution is 7.89. The Morgan fingerprint density at radius 3 is 2.13 bits per heavy atom. The van der Waals surface area contributed by atoms with Crippen LogP contribution in [0.4, 0.5) is 10.1 Å². The molecule has 0 spiro atoms. The molecule has 0 aliphatic carbocycles. The summed E-state index contributed by atoms with van der Waals surface area (Å²) in [4.78, 5) is 14.2. The third-order valence-electron chi connectivity index (χ3n) is 5.03. The number of carbonyl (C=O) groups is 1. The van der Waals surface area contributed by atoms with E-state index in [0.29, 0.717) is 31.9 Å². The number of rotatable bonds is 7. The second kappa shape index (κ2) is 9.23. The lowest BCUT2D eigenvalue weighted by molar-refractivity contribution is -0.158. The fourth-order valence-corrected chi connectivity index (χ4v) is 4.73. The lowest BCUT2D eigenvalue weighted by atomic mass is 10.1. The Balaban J connectivity index is 1.64. The fourth-order valence-electron chi connectivity index (χ4n) is 3.31. The Kier molecular flexibility index (Phi) is 6.86. The first-order valence-corrected chi connectivity index (χ1v) is 11.5. The summed E-state index contributed by atoms with van der Waals surface area (Å²) in [7, 11) is -3.66. The average molecular weight is 451 g/mol. The van der Waals surface area contributed by atoms with Crippen molar-refractivity contribution in [3.05, 3.63) is 54.3 Å². The lowest BCUT2D eigenvalue weighted by Crippen LogP contribution is -2.48. The van der Waals surface area contributed by atoms with Crippen molar-refractivity contribution in [2.45, 2.75) is 31.3 Å². The normalized spacial score (nSPS) is 15.5. The van der Waals surface area contributed by atoms with E-state index in [1.807, 2.05) is 4.90 Å². The van der Waals surface area contributed by atoms with E-state index < -0.39 is 21.6 Å². The van der Waals surface area contributed by atoms with Gasteiger partial charge in [0.1, 0.15) is 11.6 Å². The Hall–Kier alpha value is -2.65. The third-order valence-corrected chi connectivity index (χ3v) is 6.94. The summed E-state index contributed by atoms with van der Waals surface area (Å²) >= 11 is 0. The summed E-state index contributed by atoms with van der Waals surface area (Å²) < 4.78 is 51.2. The van der Waals surface area contributed by atoms with Crippen LogP contribution in [0.25, 0.3) is 0 Å². The smallest absolute Gasteiger partial charge is 0.349 e. The van der Waals surface area contributed by atoms with E-state index in [2.05, 4.69) is 0 Å². The number of hydrogen-bond acceptors (Lipinski definition) is 6. The third kappa shape index (κ3) is 5.34. The van der Waals surface area contributed by atoms with Crippen LogP contribution in [0.5, 0.6) is 5.75 Å². The van der Waals surface area contributed by atoms with Crippen LogP contribution in [-0.2, 0) is 19.6 Å². The Labute approximate surface area is 182 Å². The molecule has 1 heterocycles. The Bertz CT molecular complexity index is 999. The van der Waals surface area contributed by atoms with Gasteiger partial charge in [-0.25, -0.2) is 17.6 Å². The Morgan fingerprint density at radius 2 is 1.58 bits per heavy atom. The largest absolute Gasteiger partial charge is 0.476 e. The maximum atomic E-state index is 13.1. The molecular weight excluding hydrogens is 423 g/mol. The van der Waals surface area contributed by atoms with Crippen LogP contribution in [-0.4, -0.2) is 57.1 Å². The molecule has 9 heteroatoms. The maximum absolute atomic E-state index is 13.1. The zero-order valence-corrected chi connectivity index (χ0v) is 18.7. The molecule has 7 nitrogen and oxygen atoms in total. The van der Waals surface area contributed by atoms with Gasteiger partial charge in [0.05, 0.1) is 11.5 Å². The van der Waals surface area contributed by atoms with E-state index in [-0.39, 0.29) is 17.3 Å². The van der Waals surface area contributed by atoms with E-state index in [9.17, 15) is 17.6 Å². The molecule has 0 bridgehead atoms. The SMILES string of the molecule is CCOC(=O)C(C)(C)Oc1ccc(S(=O)(=O)N2CCN(c3ccc(F)cc3)CC2)cc1. The topological polar surface area (TPSA) is 76.1 Å². The summed E-state index contributed by atoms with van der Waals surface area (Å²) in [5, 5.41) is 0. The summed E-state index contributed by atoms with van der Waals surface area (Å²) in [6.45, 7) is 6.83. The van der Waals surface area contributed by atoms with Crippen molar-refractivity contribution in [2.75, 3.05) is 37.7 Å². The maximum Gasteiger partial charge on any atom is 0.349 e. The van der Waals surface area contributed by atoms with Crippen LogP contribution >= 0.6 is 0 Å². The molecule has 1 aliphatic heterocycles. The second-order valence-corrected chi connectivity index (χ2v) is 9.61. The summed E-state index contributed by atoms with van der Waals surface area (Å²) in [6, 6.07) is 12.2. The number of nitrogens with zero attached hydrogens (tertiary/aromatic N) is 2. The van der Waals surface area contributed by atoms with Gasteiger partial charge in [0, 0.05) is 31.9 Å². The minimum atomic E-state index is -3.66. The van der Waals surface area contributed by atoms with E-state index in [0.717, 1.165) is 5.69 Å². The van der Waals surface area contributed by atoms with Crippen molar-refractivity contribution in [3.8, 4) is 5.75 Å². The van der Waals surface area contributed by atoms with Gasteiger partial charge in [-0.3, -0.25) is 0 Å². The van der Waals surface area contributed by atoms with Gasteiger partial charge in [0.2, 0.25) is 10.0 Å². The number of hydrogen-bond donors (Lipinski definition) is 0. The predicted molar refractivity (Wildman–Crippen MR) is 115 cm³/mol. The van der Waals surface area contributed by atoms with Crippen LogP contribution in [0, 0.1) is 5.82 Å². The summed E-state index contributed by atoms with van der Waals surface area (Å²) in [5.74, 6) is -0.424.